The third kappa shape index (κ3) is 7.02. The molecule has 1 fully saturated rings. The summed E-state index contributed by atoms with van der Waals surface area (Å²) in [7, 11) is 3.98. The van der Waals surface area contributed by atoms with E-state index in [0.717, 1.165) is 35.3 Å². The number of amides is 1. The van der Waals surface area contributed by atoms with Crippen LogP contribution in [0.15, 0.2) is 41.6 Å². The third-order valence-corrected chi connectivity index (χ3v) is 5.97. The number of piperidine rings is 1. The summed E-state index contributed by atoms with van der Waals surface area (Å²) in [5, 5.41) is 4.06. The van der Waals surface area contributed by atoms with Crippen molar-refractivity contribution in [3.63, 3.8) is 0 Å². The van der Waals surface area contributed by atoms with E-state index in [1.807, 2.05) is 68.9 Å². The van der Waals surface area contributed by atoms with Gasteiger partial charge in [-0.25, -0.2) is 4.39 Å². The Bertz CT molecular complexity index is 957. The number of nitrogens with zero attached hydrogens (tertiary/aromatic N) is 3. The number of benzene rings is 2. The fourth-order valence-corrected chi connectivity index (χ4v) is 4.48. The number of hydrogen-bond acceptors (Lipinski definition) is 4. The van der Waals surface area contributed by atoms with Crippen LogP contribution in [-0.2, 0) is 16.1 Å². The molecule has 1 aliphatic heterocycles. The zero-order chi connectivity index (χ0) is 23.3. The predicted molar refractivity (Wildman–Crippen MR) is 135 cm³/mol. The number of likely N-dealkylation sites (N-methyl/N-ethyl adjacent to an activating group) is 1. The van der Waals surface area contributed by atoms with Gasteiger partial charge in [-0.2, -0.15) is 0 Å². The van der Waals surface area contributed by atoms with E-state index >= 15 is 0 Å². The second-order valence-corrected chi connectivity index (χ2v) is 9.12. The van der Waals surface area contributed by atoms with Crippen molar-refractivity contribution < 1.29 is 14.0 Å². The van der Waals surface area contributed by atoms with Gasteiger partial charge in [0.15, 0.2) is 0 Å². The summed E-state index contributed by atoms with van der Waals surface area (Å²) in [6.07, 6.45) is 3.12. The molecule has 1 amide bonds. The predicted octanol–water partition coefficient (Wildman–Crippen LogP) is 5.01. The molecule has 1 saturated heterocycles. The Morgan fingerprint density at radius 2 is 1.88 bits per heavy atom. The van der Waals surface area contributed by atoms with Crippen molar-refractivity contribution in [2.75, 3.05) is 38.7 Å². The fourth-order valence-electron chi connectivity index (χ4n) is 4.48. The Morgan fingerprint density at radius 1 is 1.21 bits per heavy atom. The van der Waals surface area contributed by atoms with Gasteiger partial charge in [0.1, 0.15) is 12.4 Å². The molecule has 2 atom stereocenters. The van der Waals surface area contributed by atoms with Crippen LogP contribution >= 0.6 is 12.4 Å². The van der Waals surface area contributed by atoms with E-state index in [1.165, 1.54) is 6.07 Å². The molecular formula is C26H35ClFN3O2. The molecule has 0 saturated carbocycles. The number of rotatable bonds is 8. The average molecular weight is 476 g/mol. The zero-order valence-corrected chi connectivity index (χ0v) is 21.0. The smallest absolute Gasteiger partial charge is 0.229 e. The molecule has 33 heavy (non-hydrogen) atoms. The zero-order valence-electron chi connectivity index (χ0n) is 20.2. The highest BCUT2D eigenvalue weighted by Crippen LogP contribution is 2.34. The number of aryl methyl sites for hydroxylation is 2. The highest BCUT2D eigenvalue weighted by Gasteiger charge is 2.34. The molecule has 2 aromatic carbocycles. The Morgan fingerprint density at radius 3 is 2.52 bits per heavy atom. The first-order chi connectivity index (χ1) is 15.3. The van der Waals surface area contributed by atoms with E-state index in [0.29, 0.717) is 25.1 Å². The summed E-state index contributed by atoms with van der Waals surface area (Å²) in [4.78, 5) is 22.3. The van der Waals surface area contributed by atoms with Gasteiger partial charge in [-0.15, -0.1) is 12.4 Å². The van der Waals surface area contributed by atoms with E-state index in [9.17, 15) is 9.18 Å². The third-order valence-electron chi connectivity index (χ3n) is 5.97. The van der Waals surface area contributed by atoms with Gasteiger partial charge in [0, 0.05) is 24.7 Å². The largest absolute Gasteiger partial charge is 0.394 e. The lowest BCUT2D eigenvalue weighted by Crippen LogP contribution is -2.46. The molecule has 180 valence electrons. The maximum atomic E-state index is 14.2. The van der Waals surface area contributed by atoms with Gasteiger partial charge in [-0.05, 0) is 87.2 Å². The summed E-state index contributed by atoms with van der Waals surface area (Å²) in [5.74, 6) is 0.0808. The van der Waals surface area contributed by atoms with Gasteiger partial charge in [-0.3, -0.25) is 4.79 Å². The number of anilines is 1. The Hall–Kier alpha value is -2.44. The number of hydrogen-bond donors (Lipinski definition) is 0. The van der Waals surface area contributed by atoms with Gasteiger partial charge in [-0.1, -0.05) is 30.3 Å². The summed E-state index contributed by atoms with van der Waals surface area (Å²) in [6, 6.07) is 11.0. The van der Waals surface area contributed by atoms with Crippen LogP contribution in [0.4, 0.5) is 10.1 Å². The lowest BCUT2D eigenvalue weighted by Gasteiger charge is -2.38. The molecule has 3 rings (SSSR count). The van der Waals surface area contributed by atoms with Crippen LogP contribution in [0, 0.1) is 31.5 Å². The van der Waals surface area contributed by atoms with Crippen LogP contribution in [0.25, 0.3) is 0 Å². The number of oxime groups is 1. The highest BCUT2D eigenvalue weighted by molar-refractivity contribution is 5.97. The molecule has 1 aliphatic rings. The summed E-state index contributed by atoms with van der Waals surface area (Å²) in [5.41, 5.74) is 4.65. The lowest BCUT2D eigenvalue weighted by atomic mass is 9.84. The Balaban J connectivity index is 0.00000385. The van der Waals surface area contributed by atoms with Crippen molar-refractivity contribution in [3.05, 3.63) is 64.5 Å². The SMILES string of the molecule is Cc1cc(C=NOCCN(C)C)cc(C)c1N1C[C@@H](Cc2ccccc2F)C[C@@H](C)C1=O.Cl. The quantitative estimate of drug-likeness (QED) is 0.306. The Kier molecular flexibility index (Phi) is 9.87. The molecule has 0 aliphatic carbocycles. The number of halogens is 2. The normalized spacial score (nSPS) is 18.6. The van der Waals surface area contributed by atoms with Crippen LogP contribution < -0.4 is 4.90 Å². The molecule has 0 spiro atoms. The number of carbonyl (C=O) groups is 1. The van der Waals surface area contributed by atoms with Crippen molar-refractivity contribution in [1.29, 1.82) is 0 Å². The standard InChI is InChI=1S/C26H34FN3O2.ClH/c1-18-12-21(16-28-32-11-10-29(4)5)13-19(2)25(18)30-17-22(14-20(3)26(30)31)15-23-8-6-7-9-24(23)27;/h6-9,12-13,16,20,22H,10-11,14-15,17H2,1-5H3;1H/t20-,22-;/m1./s1. The summed E-state index contributed by atoms with van der Waals surface area (Å²) in [6.45, 7) is 7.94. The minimum atomic E-state index is -0.174. The Labute approximate surface area is 203 Å². The summed E-state index contributed by atoms with van der Waals surface area (Å²) < 4.78 is 14.2. The molecule has 2 aromatic rings. The van der Waals surface area contributed by atoms with Crippen LogP contribution in [-0.4, -0.2) is 50.8 Å². The molecular weight excluding hydrogens is 441 g/mol. The van der Waals surface area contributed by atoms with Crippen LogP contribution in [0.1, 0.15) is 35.6 Å². The molecule has 5 nitrogen and oxygen atoms in total. The second-order valence-electron chi connectivity index (χ2n) is 9.12. The van der Waals surface area contributed by atoms with E-state index in [-0.39, 0.29) is 36.0 Å². The van der Waals surface area contributed by atoms with Gasteiger partial charge in [0.05, 0.1) is 6.21 Å². The maximum Gasteiger partial charge on any atom is 0.229 e. The van der Waals surface area contributed by atoms with E-state index < -0.39 is 0 Å². The van der Waals surface area contributed by atoms with Gasteiger partial charge >= 0.3 is 0 Å². The lowest BCUT2D eigenvalue weighted by molar-refractivity contribution is -0.124. The maximum absolute atomic E-state index is 14.2. The van der Waals surface area contributed by atoms with Crippen molar-refractivity contribution in [2.24, 2.45) is 17.0 Å². The molecule has 0 unspecified atom stereocenters. The average Bonchev–Trinajstić information content (AvgIpc) is 2.72. The summed E-state index contributed by atoms with van der Waals surface area (Å²) >= 11 is 0. The van der Waals surface area contributed by atoms with Crippen molar-refractivity contribution >= 4 is 30.2 Å². The molecule has 0 aromatic heterocycles. The molecule has 0 bridgehead atoms. The first-order valence-corrected chi connectivity index (χ1v) is 11.2. The van der Waals surface area contributed by atoms with E-state index in [4.69, 9.17) is 4.84 Å². The molecule has 0 radical (unpaired) electrons. The van der Waals surface area contributed by atoms with Crippen molar-refractivity contribution in [3.8, 4) is 0 Å². The minimum Gasteiger partial charge on any atom is -0.394 e. The van der Waals surface area contributed by atoms with Crippen molar-refractivity contribution in [2.45, 2.75) is 33.6 Å². The van der Waals surface area contributed by atoms with Crippen LogP contribution in [0.2, 0.25) is 0 Å². The molecule has 0 N–H and O–H groups in total. The van der Waals surface area contributed by atoms with Gasteiger partial charge in [0.2, 0.25) is 5.91 Å². The van der Waals surface area contributed by atoms with Crippen LogP contribution in [0.5, 0.6) is 0 Å². The van der Waals surface area contributed by atoms with Gasteiger partial charge in [0.25, 0.3) is 0 Å². The molecule has 7 heteroatoms. The fraction of sp³-hybridized carbons (Fsp3) is 0.462. The topological polar surface area (TPSA) is 45.1 Å². The van der Waals surface area contributed by atoms with Gasteiger partial charge < -0.3 is 14.6 Å². The van der Waals surface area contributed by atoms with E-state index in [1.54, 1.807) is 12.3 Å². The molecule has 1 heterocycles. The highest BCUT2D eigenvalue weighted by atomic mass is 35.5. The van der Waals surface area contributed by atoms with Crippen molar-refractivity contribution in [1.82, 2.24) is 4.90 Å². The van der Waals surface area contributed by atoms with E-state index in [2.05, 4.69) is 5.16 Å². The number of carbonyl (C=O) groups excluding carboxylic acids is 1. The first kappa shape index (κ1) is 26.8. The minimum absolute atomic E-state index is 0. The monoisotopic (exact) mass is 475 g/mol. The second kappa shape index (κ2) is 12.1. The van der Waals surface area contributed by atoms with Crippen LogP contribution in [0.3, 0.4) is 0 Å². The first-order valence-electron chi connectivity index (χ1n) is 11.2.